The normalized spacial score (nSPS) is 13.5. The number of amides is 1. The minimum atomic E-state index is -0.308. The monoisotopic (exact) mass is 372 g/mol. The highest BCUT2D eigenvalue weighted by Gasteiger charge is 2.28. The predicted octanol–water partition coefficient (Wildman–Crippen LogP) is 2.78. The summed E-state index contributed by atoms with van der Waals surface area (Å²) in [5.74, 6) is 1.14. The molecule has 0 radical (unpaired) electrons. The molecule has 3 heterocycles. The van der Waals surface area contributed by atoms with Gasteiger partial charge < -0.3 is 9.32 Å². The number of aromatic nitrogens is 3. The van der Waals surface area contributed by atoms with E-state index in [1.165, 1.54) is 0 Å². The highest BCUT2D eigenvalue weighted by Crippen LogP contribution is 2.27. The first-order chi connectivity index (χ1) is 13.7. The Morgan fingerprint density at radius 3 is 2.61 bits per heavy atom. The molecule has 0 unspecified atom stereocenters. The second kappa shape index (κ2) is 6.45. The molecule has 1 aliphatic rings. The Morgan fingerprint density at radius 1 is 1.04 bits per heavy atom. The van der Waals surface area contributed by atoms with Crippen LogP contribution in [0.2, 0.25) is 0 Å². The molecule has 0 saturated carbocycles. The Kier molecular flexibility index (Phi) is 3.79. The molecule has 1 amide bonds. The second-order valence-corrected chi connectivity index (χ2v) is 6.68. The third kappa shape index (κ3) is 2.68. The number of nitrogens with zero attached hydrogens (tertiary/aromatic N) is 3. The standard InChI is InChI=1S/C21H16N4O3/c26-19-15-9-5-4-8-14(15)18(23-24-19)21(27)25-11-10-17-16(12-25)22-20(28-17)13-6-2-1-3-7-13/h1-9H,10-12H2,(H,24,26). The molecule has 1 aliphatic heterocycles. The van der Waals surface area contributed by atoms with Crippen molar-refractivity contribution in [3.8, 4) is 11.5 Å². The number of H-pyrrole nitrogens is 1. The number of nitrogens with one attached hydrogen (secondary N) is 1. The number of benzene rings is 2. The first kappa shape index (κ1) is 16.4. The van der Waals surface area contributed by atoms with Crippen LogP contribution in [0.25, 0.3) is 22.2 Å². The van der Waals surface area contributed by atoms with E-state index in [9.17, 15) is 9.59 Å². The van der Waals surface area contributed by atoms with Crippen molar-refractivity contribution in [3.63, 3.8) is 0 Å². The van der Waals surface area contributed by atoms with Gasteiger partial charge in [-0.25, -0.2) is 10.1 Å². The van der Waals surface area contributed by atoms with Gasteiger partial charge >= 0.3 is 0 Å². The molecule has 5 rings (SSSR count). The van der Waals surface area contributed by atoms with Crippen LogP contribution in [0.4, 0.5) is 0 Å². The van der Waals surface area contributed by atoms with Crippen LogP contribution in [-0.2, 0) is 13.0 Å². The van der Waals surface area contributed by atoms with Crippen LogP contribution in [0, 0.1) is 0 Å². The Balaban J connectivity index is 1.47. The minimum absolute atomic E-state index is 0.234. The molecule has 0 fully saturated rings. The zero-order chi connectivity index (χ0) is 19.1. The van der Waals surface area contributed by atoms with Crippen LogP contribution in [0.1, 0.15) is 21.9 Å². The molecule has 7 heteroatoms. The van der Waals surface area contributed by atoms with E-state index in [-0.39, 0.29) is 17.2 Å². The Bertz CT molecular complexity index is 1240. The summed E-state index contributed by atoms with van der Waals surface area (Å²) in [6, 6.07) is 16.7. The van der Waals surface area contributed by atoms with E-state index >= 15 is 0 Å². The van der Waals surface area contributed by atoms with E-state index < -0.39 is 0 Å². The summed E-state index contributed by atoms with van der Waals surface area (Å²) in [6.45, 7) is 0.851. The Morgan fingerprint density at radius 2 is 1.79 bits per heavy atom. The Hall–Kier alpha value is -3.74. The summed E-state index contributed by atoms with van der Waals surface area (Å²) in [5.41, 5.74) is 1.60. The van der Waals surface area contributed by atoms with Gasteiger partial charge in [-0.1, -0.05) is 36.4 Å². The summed E-state index contributed by atoms with van der Waals surface area (Å²) >= 11 is 0. The van der Waals surface area contributed by atoms with Gasteiger partial charge in [0, 0.05) is 23.9 Å². The van der Waals surface area contributed by atoms with Crippen molar-refractivity contribution >= 4 is 16.7 Å². The van der Waals surface area contributed by atoms with Gasteiger partial charge in [0.2, 0.25) is 5.89 Å². The first-order valence-corrected chi connectivity index (χ1v) is 9.01. The molecular weight excluding hydrogens is 356 g/mol. The molecule has 28 heavy (non-hydrogen) atoms. The average Bonchev–Trinajstić information content (AvgIpc) is 3.18. The van der Waals surface area contributed by atoms with E-state index in [2.05, 4.69) is 15.2 Å². The zero-order valence-corrected chi connectivity index (χ0v) is 14.9. The van der Waals surface area contributed by atoms with Crippen molar-refractivity contribution in [1.82, 2.24) is 20.1 Å². The van der Waals surface area contributed by atoms with Crippen molar-refractivity contribution in [2.24, 2.45) is 0 Å². The molecule has 0 atom stereocenters. The number of carbonyl (C=O) groups is 1. The lowest BCUT2D eigenvalue weighted by molar-refractivity contribution is 0.0723. The van der Waals surface area contributed by atoms with Crippen molar-refractivity contribution in [2.75, 3.05) is 6.54 Å². The topological polar surface area (TPSA) is 92.1 Å². The lowest BCUT2D eigenvalue weighted by atomic mass is 10.1. The minimum Gasteiger partial charge on any atom is -0.441 e. The van der Waals surface area contributed by atoms with Gasteiger partial charge in [0.05, 0.1) is 11.9 Å². The molecule has 0 bridgehead atoms. The van der Waals surface area contributed by atoms with Crippen LogP contribution < -0.4 is 5.56 Å². The lowest BCUT2D eigenvalue weighted by Gasteiger charge is -2.25. The highest BCUT2D eigenvalue weighted by atomic mass is 16.4. The van der Waals surface area contributed by atoms with Gasteiger partial charge in [0.15, 0.2) is 5.69 Å². The number of aromatic amines is 1. The fourth-order valence-corrected chi connectivity index (χ4v) is 3.50. The average molecular weight is 372 g/mol. The summed E-state index contributed by atoms with van der Waals surface area (Å²) in [7, 11) is 0. The molecule has 0 saturated heterocycles. The number of fused-ring (bicyclic) bond motifs is 2. The van der Waals surface area contributed by atoms with Gasteiger partial charge in [-0.05, 0) is 18.2 Å². The van der Waals surface area contributed by atoms with Gasteiger partial charge in [-0.15, -0.1) is 0 Å². The van der Waals surface area contributed by atoms with Crippen LogP contribution in [0.15, 0.2) is 63.8 Å². The number of oxazole rings is 1. The summed E-state index contributed by atoms with van der Waals surface area (Å²) in [5, 5.41) is 7.44. The van der Waals surface area contributed by atoms with Crippen molar-refractivity contribution < 1.29 is 9.21 Å². The Labute approximate surface area is 159 Å². The SMILES string of the molecule is O=C(c1n[nH]c(=O)c2ccccc12)N1CCc2oc(-c3ccccc3)nc2C1. The van der Waals surface area contributed by atoms with Crippen molar-refractivity contribution in [2.45, 2.75) is 13.0 Å². The van der Waals surface area contributed by atoms with E-state index in [4.69, 9.17) is 4.42 Å². The van der Waals surface area contributed by atoms with Crippen LogP contribution >= 0.6 is 0 Å². The smallest absolute Gasteiger partial charge is 0.275 e. The van der Waals surface area contributed by atoms with E-state index in [1.807, 2.05) is 30.3 Å². The van der Waals surface area contributed by atoms with Crippen LogP contribution in [-0.4, -0.2) is 32.5 Å². The maximum absolute atomic E-state index is 13.1. The fraction of sp³-hybridized carbons (Fsp3) is 0.143. The van der Waals surface area contributed by atoms with Crippen molar-refractivity contribution in [1.29, 1.82) is 0 Å². The number of hydrogen-bond acceptors (Lipinski definition) is 5. The molecule has 2 aromatic heterocycles. The lowest BCUT2D eigenvalue weighted by Crippen LogP contribution is -2.37. The first-order valence-electron chi connectivity index (χ1n) is 9.01. The quantitative estimate of drug-likeness (QED) is 0.584. The third-order valence-corrected chi connectivity index (χ3v) is 4.93. The molecule has 0 aliphatic carbocycles. The van der Waals surface area contributed by atoms with Gasteiger partial charge in [0.25, 0.3) is 11.5 Å². The fourth-order valence-electron chi connectivity index (χ4n) is 3.50. The molecule has 4 aromatic rings. The summed E-state index contributed by atoms with van der Waals surface area (Å²) in [6.07, 6.45) is 0.586. The molecule has 7 nitrogen and oxygen atoms in total. The van der Waals surface area contributed by atoms with E-state index in [0.717, 1.165) is 17.0 Å². The van der Waals surface area contributed by atoms with Gasteiger partial charge in [-0.3, -0.25) is 9.59 Å². The van der Waals surface area contributed by atoms with E-state index in [0.29, 0.717) is 36.2 Å². The maximum atomic E-state index is 13.1. The molecule has 0 spiro atoms. The predicted molar refractivity (Wildman–Crippen MR) is 103 cm³/mol. The van der Waals surface area contributed by atoms with Gasteiger partial charge in [0.1, 0.15) is 11.5 Å². The third-order valence-electron chi connectivity index (χ3n) is 4.93. The highest BCUT2D eigenvalue weighted by molar-refractivity contribution is 6.04. The molecular formula is C21H16N4O3. The number of rotatable bonds is 2. The second-order valence-electron chi connectivity index (χ2n) is 6.68. The maximum Gasteiger partial charge on any atom is 0.275 e. The largest absolute Gasteiger partial charge is 0.441 e. The van der Waals surface area contributed by atoms with Crippen molar-refractivity contribution in [3.05, 3.63) is 82.1 Å². The van der Waals surface area contributed by atoms with Crippen LogP contribution in [0.3, 0.4) is 0 Å². The molecule has 138 valence electrons. The van der Waals surface area contributed by atoms with E-state index in [1.54, 1.807) is 29.2 Å². The summed E-state index contributed by atoms with van der Waals surface area (Å²) in [4.78, 5) is 31.3. The molecule has 1 N–H and O–H groups in total. The van der Waals surface area contributed by atoms with Crippen LogP contribution in [0.5, 0.6) is 0 Å². The molecule has 2 aromatic carbocycles. The number of carbonyl (C=O) groups excluding carboxylic acids is 1. The summed E-state index contributed by atoms with van der Waals surface area (Å²) < 4.78 is 5.90. The number of hydrogen-bond donors (Lipinski definition) is 1. The van der Waals surface area contributed by atoms with Gasteiger partial charge in [-0.2, -0.15) is 5.10 Å². The zero-order valence-electron chi connectivity index (χ0n) is 14.9.